The number of aromatic nitrogens is 2. The largest absolute Gasteiger partial charge is 0.366 e. The first-order valence-electron chi connectivity index (χ1n) is 7.38. The van der Waals surface area contributed by atoms with Gasteiger partial charge in [-0.3, -0.25) is 9.59 Å². The predicted molar refractivity (Wildman–Crippen MR) is 87.4 cm³/mol. The second-order valence-corrected chi connectivity index (χ2v) is 5.42. The molecule has 0 atom stereocenters. The zero-order valence-corrected chi connectivity index (χ0v) is 12.7. The summed E-state index contributed by atoms with van der Waals surface area (Å²) in [5.74, 6) is 0.211. The van der Waals surface area contributed by atoms with Crippen molar-refractivity contribution >= 4 is 29.0 Å². The molecular weight excluding hydrogens is 294 g/mol. The van der Waals surface area contributed by atoms with Gasteiger partial charge in [0.15, 0.2) is 0 Å². The van der Waals surface area contributed by atoms with Crippen molar-refractivity contribution in [3.8, 4) is 0 Å². The van der Waals surface area contributed by atoms with Gasteiger partial charge in [-0.25, -0.2) is 9.97 Å². The van der Waals surface area contributed by atoms with Gasteiger partial charge in [0, 0.05) is 24.3 Å². The van der Waals surface area contributed by atoms with E-state index in [0.29, 0.717) is 23.2 Å². The summed E-state index contributed by atoms with van der Waals surface area (Å²) >= 11 is 0. The van der Waals surface area contributed by atoms with Gasteiger partial charge in [-0.05, 0) is 37.1 Å². The van der Waals surface area contributed by atoms with Crippen molar-refractivity contribution in [2.45, 2.75) is 25.8 Å². The Morgan fingerprint density at radius 2 is 1.65 bits per heavy atom. The van der Waals surface area contributed by atoms with Gasteiger partial charge in [0.2, 0.25) is 5.91 Å². The average molecular weight is 311 g/mol. The van der Waals surface area contributed by atoms with Crippen LogP contribution in [0.1, 0.15) is 30.3 Å². The number of carbonyl (C=O) groups is 2. The van der Waals surface area contributed by atoms with Crippen LogP contribution in [0, 0.1) is 0 Å². The number of hydrogen-bond donors (Lipinski definition) is 3. The number of nitrogens with one attached hydrogen (secondary N) is 3. The molecule has 1 saturated carbocycles. The van der Waals surface area contributed by atoms with Gasteiger partial charge < -0.3 is 16.0 Å². The normalized spacial score (nSPS) is 13.3. The maximum Gasteiger partial charge on any atom is 0.275 e. The molecule has 1 aliphatic carbocycles. The smallest absolute Gasteiger partial charge is 0.275 e. The van der Waals surface area contributed by atoms with Crippen LogP contribution in [-0.4, -0.2) is 27.8 Å². The van der Waals surface area contributed by atoms with Crippen molar-refractivity contribution in [2.24, 2.45) is 0 Å². The Balaban J connectivity index is 1.60. The lowest BCUT2D eigenvalue weighted by Crippen LogP contribution is -2.15. The number of carbonyl (C=O) groups excluding carboxylic acids is 2. The zero-order chi connectivity index (χ0) is 16.2. The first-order valence-corrected chi connectivity index (χ1v) is 7.38. The maximum atomic E-state index is 12.1. The molecule has 0 aliphatic heterocycles. The quantitative estimate of drug-likeness (QED) is 0.787. The molecule has 1 heterocycles. The predicted octanol–water partition coefficient (Wildman–Crippen LogP) is 2.26. The first-order chi connectivity index (χ1) is 11.1. The monoisotopic (exact) mass is 311 g/mol. The summed E-state index contributed by atoms with van der Waals surface area (Å²) in [7, 11) is 0. The Morgan fingerprint density at radius 3 is 2.17 bits per heavy atom. The molecular formula is C16H17N5O2. The number of nitrogens with zero attached hydrogens (tertiary/aromatic N) is 2. The van der Waals surface area contributed by atoms with Crippen molar-refractivity contribution < 1.29 is 9.59 Å². The lowest BCUT2D eigenvalue weighted by molar-refractivity contribution is -0.114. The Kier molecular flexibility index (Phi) is 4.18. The van der Waals surface area contributed by atoms with Crippen molar-refractivity contribution in [2.75, 3.05) is 16.0 Å². The number of benzene rings is 1. The third-order valence-corrected chi connectivity index (χ3v) is 3.28. The molecule has 7 nitrogen and oxygen atoms in total. The van der Waals surface area contributed by atoms with E-state index in [9.17, 15) is 9.59 Å². The molecule has 3 rings (SSSR count). The highest BCUT2D eigenvalue weighted by atomic mass is 16.2. The molecule has 0 saturated heterocycles. The number of anilines is 3. The molecule has 0 unspecified atom stereocenters. The number of amides is 2. The highest BCUT2D eigenvalue weighted by Crippen LogP contribution is 2.23. The van der Waals surface area contributed by atoms with Gasteiger partial charge in [-0.2, -0.15) is 0 Å². The van der Waals surface area contributed by atoms with Gasteiger partial charge in [0.1, 0.15) is 11.5 Å². The molecule has 1 aromatic heterocycles. The number of hydrogen-bond acceptors (Lipinski definition) is 5. The fourth-order valence-corrected chi connectivity index (χ4v) is 1.99. The molecule has 2 amide bonds. The summed E-state index contributed by atoms with van der Waals surface area (Å²) in [6.45, 7) is 1.44. The van der Waals surface area contributed by atoms with Crippen LogP contribution in [0.2, 0.25) is 0 Å². The zero-order valence-electron chi connectivity index (χ0n) is 12.7. The molecule has 1 fully saturated rings. The molecule has 2 aromatic rings. The van der Waals surface area contributed by atoms with Crippen LogP contribution >= 0.6 is 0 Å². The number of rotatable bonds is 5. The van der Waals surface area contributed by atoms with E-state index in [1.807, 2.05) is 0 Å². The highest BCUT2D eigenvalue weighted by Gasteiger charge is 2.21. The van der Waals surface area contributed by atoms with E-state index in [0.717, 1.165) is 12.8 Å². The van der Waals surface area contributed by atoms with E-state index >= 15 is 0 Å². The molecule has 1 aromatic carbocycles. The fraction of sp³-hybridized carbons (Fsp3) is 0.250. The summed E-state index contributed by atoms with van der Waals surface area (Å²) < 4.78 is 0. The molecule has 7 heteroatoms. The van der Waals surface area contributed by atoms with Crippen LogP contribution < -0.4 is 16.0 Å². The van der Waals surface area contributed by atoms with Crippen LogP contribution in [0.3, 0.4) is 0 Å². The Labute approximate surface area is 133 Å². The van der Waals surface area contributed by atoms with Crippen molar-refractivity contribution in [1.82, 2.24) is 9.97 Å². The summed E-state index contributed by atoms with van der Waals surface area (Å²) in [5, 5.41) is 8.61. The van der Waals surface area contributed by atoms with Gasteiger partial charge in [0.25, 0.3) is 5.91 Å². The van der Waals surface area contributed by atoms with Crippen LogP contribution in [0.5, 0.6) is 0 Å². The standard InChI is InChI=1S/C16H17N5O2/c1-10(22)19-11-2-6-13(7-3-11)21-16(23)14-8-18-15(9-17-14)20-12-4-5-12/h2-3,6-9,12H,4-5H2,1H3,(H,18,20)(H,19,22)(H,21,23). The fourth-order valence-electron chi connectivity index (χ4n) is 1.99. The average Bonchev–Trinajstić information content (AvgIpc) is 3.33. The first kappa shape index (κ1) is 15.0. The minimum Gasteiger partial charge on any atom is -0.366 e. The summed E-state index contributed by atoms with van der Waals surface area (Å²) in [6.07, 6.45) is 5.32. The maximum absolute atomic E-state index is 12.1. The summed E-state index contributed by atoms with van der Waals surface area (Å²) in [5.41, 5.74) is 1.54. The summed E-state index contributed by atoms with van der Waals surface area (Å²) in [6, 6.07) is 7.33. The van der Waals surface area contributed by atoms with E-state index in [2.05, 4.69) is 25.9 Å². The van der Waals surface area contributed by atoms with Crippen LogP contribution in [0.4, 0.5) is 17.2 Å². The molecule has 118 valence electrons. The third-order valence-electron chi connectivity index (χ3n) is 3.28. The van der Waals surface area contributed by atoms with Gasteiger partial charge in [0.05, 0.1) is 12.4 Å². The topological polar surface area (TPSA) is 96.0 Å². The lowest BCUT2D eigenvalue weighted by atomic mass is 10.2. The van der Waals surface area contributed by atoms with Gasteiger partial charge >= 0.3 is 0 Å². The Morgan fingerprint density at radius 1 is 1.00 bits per heavy atom. The highest BCUT2D eigenvalue weighted by molar-refractivity contribution is 6.02. The summed E-state index contributed by atoms with van der Waals surface area (Å²) in [4.78, 5) is 31.4. The van der Waals surface area contributed by atoms with Crippen LogP contribution in [-0.2, 0) is 4.79 Å². The van der Waals surface area contributed by atoms with E-state index in [4.69, 9.17) is 0 Å². The molecule has 1 aliphatic rings. The van der Waals surface area contributed by atoms with Crippen molar-refractivity contribution in [1.29, 1.82) is 0 Å². The lowest BCUT2D eigenvalue weighted by Gasteiger charge is -2.07. The van der Waals surface area contributed by atoms with E-state index in [-0.39, 0.29) is 17.5 Å². The van der Waals surface area contributed by atoms with Crippen LogP contribution in [0.15, 0.2) is 36.7 Å². The van der Waals surface area contributed by atoms with Crippen LogP contribution in [0.25, 0.3) is 0 Å². The van der Waals surface area contributed by atoms with E-state index in [1.54, 1.807) is 30.5 Å². The molecule has 23 heavy (non-hydrogen) atoms. The second-order valence-electron chi connectivity index (χ2n) is 5.42. The molecule has 0 bridgehead atoms. The Bertz CT molecular complexity index is 708. The van der Waals surface area contributed by atoms with E-state index < -0.39 is 0 Å². The minimum atomic E-state index is -0.331. The Hall–Kier alpha value is -2.96. The molecule has 0 radical (unpaired) electrons. The minimum absolute atomic E-state index is 0.142. The van der Waals surface area contributed by atoms with Gasteiger partial charge in [-0.1, -0.05) is 0 Å². The molecule has 0 spiro atoms. The van der Waals surface area contributed by atoms with Crippen molar-refractivity contribution in [3.63, 3.8) is 0 Å². The van der Waals surface area contributed by atoms with E-state index in [1.165, 1.54) is 13.1 Å². The second kappa shape index (κ2) is 6.43. The van der Waals surface area contributed by atoms with Crippen molar-refractivity contribution in [3.05, 3.63) is 42.4 Å². The molecule has 3 N–H and O–H groups in total. The SMILES string of the molecule is CC(=O)Nc1ccc(NC(=O)c2cnc(NC3CC3)cn2)cc1. The third kappa shape index (κ3) is 4.26. The van der Waals surface area contributed by atoms with Gasteiger partial charge in [-0.15, -0.1) is 0 Å².